The van der Waals surface area contributed by atoms with Crippen molar-refractivity contribution in [2.75, 3.05) is 5.73 Å². The number of aryl methyl sites for hydroxylation is 1. The average molecular weight is 256 g/mol. The molecule has 3 rings (SSSR count). The minimum absolute atomic E-state index is 0.707. The second-order valence-corrected chi connectivity index (χ2v) is 5.08. The van der Waals surface area contributed by atoms with Crippen molar-refractivity contribution < 1.29 is 4.42 Å². The van der Waals surface area contributed by atoms with Crippen molar-refractivity contribution in [3.05, 3.63) is 48.6 Å². The third-order valence-electron chi connectivity index (χ3n) is 2.79. The maximum absolute atomic E-state index is 5.94. The van der Waals surface area contributed by atoms with Gasteiger partial charge in [0, 0.05) is 16.5 Å². The molecule has 0 aliphatic carbocycles. The molecule has 4 heteroatoms. The standard InChI is InChI=1S/C14H12N2OS/c1-9-12(6-8-17-9)18-13-5-7-16-14-10(13)3-2-4-11(14)15/h2-8H,15H2,1H3. The van der Waals surface area contributed by atoms with Crippen molar-refractivity contribution in [2.24, 2.45) is 0 Å². The molecular formula is C14H12N2OS. The zero-order chi connectivity index (χ0) is 12.5. The second kappa shape index (κ2) is 4.38. The lowest BCUT2D eigenvalue weighted by molar-refractivity contribution is 0.527. The summed E-state index contributed by atoms with van der Waals surface area (Å²) in [6.07, 6.45) is 3.49. The van der Waals surface area contributed by atoms with Gasteiger partial charge >= 0.3 is 0 Å². The Hall–Kier alpha value is -1.94. The fourth-order valence-corrected chi connectivity index (χ4v) is 2.82. The van der Waals surface area contributed by atoms with Crippen LogP contribution in [0.15, 0.2) is 57.0 Å². The SMILES string of the molecule is Cc1occc1Sc1ccnc2c(N)cccc12. The van der Waals surface area contributed by atoms with Crippen LogP contribution in [0.1, 0.15) is 5.76 Å². The van der Waals surface area contributed by atoms with E-state index >= 15 is 0 Å². The van der Waals surface area contributed by atoms with E-state index in [1.165, 1.54) is 0 Å². The van der Waals surface area contributed by atoms with Gasteiger partial charge < -0.3 is 10.2 Å². The van der Waals surface area contributed by atoms with Crippen molar-refractivity contribution in [1.82, 2.24) is 4.98 Å². The Morgan fingerprint density at radius 3 is 2.83 bits per heavy atom. The van der Waals surface area contributed by atoms with Crippen LogP contribution in [-0.2, 0) is 0 Å². The van der Waals surface area contributed by atoms with E-state index < -0.39 is 0 Å². The third-order valence-corrected chi connectivity index (χ3v) is 4.01. The van der Waals surface area contributed by atoms with Crippen molar-refractivity contribution in [3.63, 3.8) is 0 Å². The van der Waals surface area contributed by atoms with Crippen LogP contribution in [0.3, 0.4) is 0 Å². The number of rotatable bonds is 2. The molecule has 0 radical (unpaired) electrons. The minimum atomic E-state index is 0.707. The Kier molecular flexibility index (Phi) is 2.72. The van der Waals surface area contributed by atoms with Crippen LogP contribution in [0.25, 0.3) is 10.9 Å². The summed E-state index contributed by atoms with van der Waals surface area (Å²) in [5.74, 6) is 0.925. The van der Waals surface area contributed by atoms with Crippen LogP contribution in [0.4, 0.5) is 5.69 Å². The molecule has 0 amide bonds. The first kappa shape index (κ1) is 11.2. The molecule has 2 aromatic heterocycles. The molecule has 2 N–H and O–H groups in total. The van der Waals surface area contributed by atoms with Crippen LogP contribution in [0.2, 0.25) is 0 Å². The number of anilines is 1. The van der Waals surface area contributed by atoms with Gasteiger partial charge in [0.15, 0.2) is 0 Å². The van der Waals surface area contributed by atoms with Crippen LogP contribution in [-0.4, -0.2) is 4.98 Å². The Morgan fingerprint density at radius 2 is 2.06 bits per heavy atom. The fraction of sp³-hybridized carbons (Fsp3) is 0.0714. The van der Waals surface area contributed by atoms with E-state index in [0.29, 0.717) is 5.69 Å². The fourth-order valence-electron chi connectivity index (χ4n) is 1.86. The molecule has 0 unspecified atom stereocenters. The van der Waals surface area contributed by atoms with Crippen LogP contribution >= 0.6 is 11.8 Å². The smallest absolute Gasteiger partial charge is 0.114 e. The number of nitrogens with zero attached hydrogens (tertiary/aromatic N) is 1. The molecule has 0 spiro atoms. The number of para-hydroxylation sites is 1. The maximum Gasteiger partial charge on any atom is 0.114 e. The molecule has 0 saturated carbocycles. The zero-order valence-electron chi connectivity index (χ0n) is 9.88. The summed E-state index contributed by atoms with van der Waals surface area (Å²) >= 11 is 1.67. The number of hydrogen-bond donors (Lipinski definition) is 1. The summed E-state index contributed by atoms with van der Waals surface area (Å²) in [6, 6.07) is 9.83. The Labute approximate surface area is 109 Å². The molecule has 18 heavy (non-hydrogen) atoms. The molecule has 0 aliphatic rings. The molecule has 0 saturated heterocycles. The molecule has 90 valence electrons. The van der Waals surface area contributed by atoms with E-state index in [4.69, 9.17) is 10.2 Å². The quantitative estimate of drug-likeness (QED) is 0.707. The normalized spacial score (nSPS) is 10.9. The lowest BCUT2D eigenvalue weighted by Gasteiger charge is -2.06. The van der Waals surface area contributed by atoms with Crippen molar-refractivity contribution >= 4 is 28.4 Å². The summed E-state index contributed by atoms with van der Waals surface area (Å²) in [5.41, 5.74) is 7.50. The first-order valence-electron chi connectivity index (χ1n) is 5.61. The topological polar surface area (TPSA) is 52.0 Å². The molecule has 1 aromatic carbocycles. The highest BCUT2D eigenvalue weighted by Crippen LogP contribution is 2.35. The maximum atomic E-state index is 5.94. The van der Waals surface area contributed by atoms with E-state index in [2.05, 4.69) is 4.98 Å². The summed E-state index contributed by atoms with van der Waals surface area (Å²) in [4.78, 5) is 6.58. The monoisotopic (exact) mass is 256 g/mol. The molecule has 2 heterocycles. The number of pyridine rings is 1. The van der Waals surface area contributed by atoms with E-state index in [9.17, 15) is 0 Å². The number of nitrogens with two attached hydrogens (primary N) is 1. The van der Waals surface area contributed by atoms with Crippen molar-refractivity contribution in [3.8, 4) is 0 Å². The molecule has 0 fully saturated rings. The Balaban J connectivity index is 2.13. The number of furan rings is 1. The van der Waals surface area contributed by atoms with Crippen LogP contribution < -0.4 is 5.73 Å². The number of benzene rings is 1. The molecular weight excluding hydrogens is 244 g/mol. The van der Waals surface area contributed by atoms with Gasteiger partial charge in [-0.15, -0.1) is 0 Å². The van der Waals surface area contributed by atoms with E-state index in [1.807, 2.05) is 37.3 Å². The largest absolute Gasteiger partial charge is 0.468 e. The number of aromatic nitrogens is 1. The summed E-state index contributed by atoms with van der Waals surface area (Å²) in [5, 5.41) is 1.07. The molecule has 3 aromatic rings. The Bertz CT molecular complexity index is 706. The Morgan fingerprint density at radius 1 is 1.17 bits per heavy atom. The lowest BCUT2D eigenvalue weighted by atomic mass is 10.2. The van der Waals surface area contributed by atoms with Gasteiger partial charge in [0.25, 0.3) is 0 Å². The van der Waals surface area contributed by atoms with Gasteiger partial charge in [-0.25, -0.2) is 0 Å². The predicted octanol–water partition coefficient (Wildman–Crippen LogP) is 3.87. The lowest BCUT2D eigenvalue weighted by Crippen LogP contribution is -1.90. The van der Waals surface area contributed by atoms with Gasteiger partial charge in [0.2, 0.25) is 0 Å². The average Bonchev–Trinajstić information content (AvgIpc) is 2.77. The van der Waals surface area contributed by atoms with Gasteiger partial charge in [-0.05, 0) is 25.1 Å². The number of fused-ring (bicyclic) bond motifs is 1. The zero-order valence-corrected chi connectivity index (χ0v) is 10.7. The number of hydrogen-bond acceptors (Lipinski definition) is 4. The van der Waals surface area contributed by atoms with Gasteiger partial charge in [-0.1, -0.05) is 23.9 Å². The minimum Gasteiger partial charge on any atom is -0.468 e. The van der Waals surface area contributed by atoms with E-state index in [1.54, 1.807) is 24.2 Å². The molecule has 0 bridgehead atoms. The van der Waals surface area contributed by atoms with Crippen molar-refractivity contribution in [2.45, 2.75) is 16.7 Å². The molecule has 3 nitrogen and oxygen atoms in total. The second-order valence-electron chi connectivity index (χ2n) is 4.00. The van der Waals surface area contributed by atoms with Gasteiger partial charge in [0.1, 0.15) is 5.76 Å². The van der Waals surface area contributed by atoms with Crippen molar-refractivity contribution in [1.29, 1.82) is 0 Å². The van der Waals surface area contributed by atoms with E-state index in [-0.39, 0.29) is 0 Å². The summed E-state index contributed by atoms with van der Waals surface area (Å²) < 4.78 is 5.31. The van der Waals surface area contributed by atoms with Crippen LogP contribution in [0.5, 0.6) is 0 Å². The van der Waals surface area contributed by atoms with Gasteiger partial charge in [-0.2, -0.15) is 0 Å². The molecule has 0 aliphatic heterocycles. The van der Waals surface area contributed by atoms with E-state index in [0.717, 1.165) is 26.5 Å². The highest BCUT2D eigenvalue weighted by molar-refractivity contribution is 7.99. The molecule has 0 atom stereocenters. The first-order chi connectivity index (χ1) is 8.75. The summed E-state index contributed by atoms with van der Waals surface area (Å²) in [7, 11) is 0. The number of nitrogen functional groups attached to an aromatic ring is 1. The van der Waals surface area contributed by atoms with Gasteiger partial charge in [-0.3, -0.25) is 4.98 Å². The van der Waals surface area contributed by atoms with Crippen LogP contribution in [0, 0.1) is 6.92 Å². The first-order valence-corrected chi connectivity index (χ1v) is 6.42. The third kappa shape index (κ3) is 1.84. The summed E-state index contributed by atoms with van der Waals surface area (Å²) in [6.45, 7) is 1.96. The highest BCUT2D eigenvalue weighted by Gasteiger charge is 2.08. The predicted molar refractivity (Wildman–Crippen MR) is 73.7 cm³/mol. The van der Waals surface area contributed by atoms with Gasteiger partial charge in [0.05, 0.1) is 22.4 Å². The highest BCUT2D eigenvalue weighted by atomic mass is 32.2.